The number of anilines is 1. The van der Waals surface area contributed by atoms with Crippen molar-refractivity contribution in [3.05, 3.63) is 48.0 Å². The molecule has 1 aromatic carbocycles. The van der Waals surface area contributed by atoms with Gasteiger partial charge in [-0.1, -0.05) is 29.8 Å². The van der Waals surface area contributed by atoms with Gasteiger partial charge in [-0.3, -0.25) is 8.75 Å². The van der Waals surface area contributed by atoms with Crippen LogP contribution in [-0.4, -0.2) is 63.1 Å². The second-order valence-corrected chi connectivity index (χ2v) is 8.43. The van der Waals surface area contributed by atoms with Gasteiger partial charge in [-0.25, -0.2) is 20.1 Å². The molecule has 1 saturated heterocycles. The van der Waals surface area contributed by atoms with E-state index in [-0.39, 0.29) is 0 Å². The van der Waals surface area contributed by atoms with Gasteiger partial charge in [0.1, 0.15) is 24.6 Å². The largest absolute Gasteiger partial charge is 0.387 e. The average Bonchev–Trinajstić information content (AvgIpc) is 3.27. The molecule has 0 spiro atoms. The number of benzene rings is 1. The van der Waals surface area contributed by atoms with Crippen molar-refractivity contribution in [3.8, 4) is 0 Å². The Hall–Kier alpha value is -2.68. The second kappa shape index (κ2) is 8.45. The fourth-order valence-corrected chi connectivity index (χ4v) is 3.64. The standard InChI is InChI=1S/C18H22N6O6S/c1-10-2-4-11(5-3-10)6-20-16-13-17(22-8-21-16)24(9-23-13)18-15(26)14(25)12(30-18)7-29-31(19,27)28/h2-5,8-9,12,14-15,18,25-26H,6-7H2,1H3,(H2,19,27,28)(H,20,21,22)/t12-,14-,15-,18-/m1/s1. The first-order valence-electron chi connectivity index (χ1n) is 9.38. The minimum Gasteiger partial charge on any atom is -0.387 e. The minimum atomic E-state index is -4.22. The maximum atomic E-state index is 11.0. The molecule has 0 bridgehead atoms. The van der Waals surface area contributed by atoms with Crippen molar-refractivity contribution in [2.24, 2.45) is 5.14 Å². The molecule has 3 aromatic rings. The van der Waals surface area contributed by atoms with Gasteiger partial charge in [-0.2, -0.15) is 8.42 Å². The Morgan fingerprint density at radius 3 is 2.65 bits per heavy atom. The van der Waals surface area contributed by atoms with Crippen molar-refractivity contribution in [1.29, 1.82) is 0 Å². The Labute approximate surface area is 177 Å². The molecule has 2 aromatic heterocycles. The molecule has 1 aliphatic rings. The Morgan fingerprint density at radius 1 is 1.19 bits per heavy atom. The third kappa shape index (κ3) is 4.66. The Kier molecular flexibility index (Phi) is 5.88. The number of nitrogens with one attached hydrogen (secondary N) is 1. The summed E-state index contributed by atoms with van der Waals surface area (Å²) in [5.41, 5.74) is 3.04. The van der Waals surface area contributed by atoms with E-state index in [4.69, 9.17) is 9.88 Å². The second-order valence-electron chi connectivity index (χ2n) is 7.21. The predicted molar refractivity (Wildman–Crippen MR) is 109 cm³/mol. The number of aryl methyl sites for hydroxylation is 1. The quantitative estimate of drug-likeness (QED) is 0.370. The third-order valence-electron chi connectivity index (χ3n) is 4.95. The molecule has 4 atom stereocenters. The highest BCUT2D eigenvalue weighted by molar-refractivity contribution is 7.84. The van der Waals surface area contributed by atoms with Crippen LogP contribution in [0.1, 0.15) is 17.4 Å². The maximum absolute atomic E-state index is 11.0. The molecule has 0 aliphatic carbocycles. The molecule has 13 heteroatoms. The monoisotopic (exact) mass is 450 g/mol. The first-order chi connectivity index (χ1) is 14.7. The van der Waals surface area contributed by atoms with Crippen LogP contribution >= 0.6 is 0 Å². The molecule has 0 amide bonds. The molecule has 5 N–H and O–H groups in total. The highest BCUT2D eigenvalue weighted by atomic mass is 32.2. The van der Waals surface area contributed by atoms with Gasteiger partial charge >= 0.3 is 10.3 Å². The van der Waals surface area contributed by atoms with E-state index in [0.29, 0.717) is 23.5 Å². The van der Waals surface area contributed by atoms with Crippen molar-refractivity contribution in [2.75, 3.05) is 11.9 Å². The van der Waals surface area contributed by atoms with E-state index in [1.165, 1.54) is 17.2 Å². The molecule has 3 heterocycles. The average molecular weight is 450 g/mol. The van der Waals surface area contributed by atoms with Gasteiger partial charge < -0.3 is 20.3 Å². The van der Waals surface area contributed by atoms with E-state index < -0.39 is 41.5 Å². The lowest BCUT2D eigenvalue weighted by atomic mass is 10.1. The van der Waals surface area contributed by atoms with Crippen molar-refractivity contribution in [3.63, 3.8) is 0 Å². The number of ether oxygens (including phenoxy) is 1. The van der Waals surface area contributed by atoms with Gasteiger partial charge in [0.25, 0.3) is 0 Å². The van der Waals surface area contributed by atoms with E-state index in [1.54, 1.807) is 0 Å². The highest BCUT2D eigenvalue weighted by Crippen LogP contribution is 2.32. The van der Waals surface area contributed by atoms with Crippen LogP contribution in [0, 0.1) is 6.92 Å². The summed E-state index contributed by atoms with van der Waals surface area (Å²) in [6.45, 7) is 1.99. The van der Waals surface area contributed by atoms with Gasteiger partial charge in [0.2, 0.25) is 0 Å². The van der Waals surface area contributed by atoms with E-state index in [2.05, 4.69) is 24.5 Å². The Balaban J connectivity index is 1.54. The fourth-order valence-electron chi connectivity index (χ4n) is 3.32. The number of rotatable bonds is 7. The number of nitrogens with zero attached hydrogens (tertiary/aromatic N) is 4. The summed E-state index contributed by atoms with van der Waals surface area (Å²) in [5, 5.41) is 28.6. The fraction of sp³-hybridized carbons (Fsp3) is 0.389. The van der Waals surface area contributed by atoms with Crippen LogP contribution in [0.15, 0.2) is 36.9 Å². The maximum Gasteiger partial charge on any atom is 0.333 e. The molecule has 0 unspecified atom stereocenters. The van der Waals surface area contributed by atoms with E-state index in [1.807, 2.05) is 31.2 Å². The third-order valence-corrected chi connectivity index (χ3v) is 5.41. The molecular formula is C18H22N6O6S. The lowest BCUT2D eigenvalue weighted by Gasteiger charge is -2.16. The molecule has 31 heavy (non-hydrogen) atoms. The minimum absolute atomic E-state index is 0.366. The molecule has 0 radical (unpaired) electrons. The van der Waals surface area contributed by atoms with E-state index >= 15 is 0 Å². The van der Waals surface area contributed by atoms with E-state index in [9.17, 15) is 18.6 Å². The molecule has 4 rings (SSSR count). The van der Waals surface area contributed by atoms with Crippen LogP contribution < -0.4 is 10.5 Å². The summed E-state index contributed by atoms with van der Waals surface area (Å²) < 4.78 is 33.5. The topological polar surface area (TPSA) is 175 Å². The number of aliphatic hydroxyl groups is 2. The van der Waals surface area contributed by atoms with Crippen LogP contribution in [0.5, 0.6) is 0 Å². The summed E-state index contributed by atoms with van der Waals surface area (Å²) in [6.07, 6.45) is -2.20. The highest BCUT2D eigenvalue weighted by Gasteiger charge is 2.45. The zero-order valence-corrected chi connectivity index (χ0v) is 17.3. The van der Waals surface area contributed by atoms with Gasteiger partial charge in [0.15, 0.2) is 23.2 Å². The number of imidazole rings is 1. The number of hydrogen-bond donors (Lipinski definition) is 4. The smallest absolute Gasteiger partial charge is 0.333 e. The van der Waals surface area contributed by atoms with Crippen LogP contribution in [-0.2, 0) is 25.8 Å². The summed E-state index contributed by atoms with van der Waals surface area (Å²) in [5.74, 6) is 0.492. The number of aliphatic hydroxyl groups excluding tert-OH is 2. The summed E-state index contributed by atoms with van der Waals surface area (Å²) >= 11 is 0. The molecular weight excluding hydrogens is 428 g/mol. The first kappa shape index (κ1) is 21.5. The van der Waals surface area contributed by atoms with Crippen LogP contribution in [0.2, 0.25) is 0 Å². The lowest BCUT2D eigenvalue weighted by Crippen LogP contribution is -2.35. The Morgan fingerprint density at radius 2 is 1.94 bits per heavy atom. The van der Waals surface area contributed by atoms with Crippen LogP contribution in [0.3, 0.4) is 0 Å². The summed E-state index contributed by atoms with van der Waals surface area (Å²) in [4.78, 5) is 12.8. The molecule has 1 fully saturated rings. The van der Waals surface area contributed by atoms with Crippen molar-refractivity contribution in [1.82, 2.24) is 19.5 Å². The molecule has 0 saturated carbocycles. The predicted octanol–water partition coefficient (Wildman–Crippen LogP) is -0.414. The number of hydrogen-bond acceptors (Lipinski definition) is 10. The zero-order valence-electron chi connectivity index (χ0n) is 16.5. The normalized spacial score (nSPS) is 24.0. The van der Waals surface area contributed by atoms with Crippen molar-refractivity contribution in [2.45, 2.75) is 38.0 Å². The first-order valence-corrected chi connectivity index (χ1v) is 10.9. The van der Waals surface area contributed by atoms with Crippen LogP contribution in [0.25, 0.3) is 11.2 Å². The number of fused-ring (bicyclic) bond motifs is 1. The molecule has 1 aliphatic heterocycles. The molecule has 12 nitrogen and oxygen atoms in total. The SMILES string of the molecule is Cc1ccc(CNc2ncnc3c2ncn3[C@@H]2O[C@H](COS(N)(=O)=O)[C@@H](O)[C@H]2O)cc1. The Bertz CT molecular complexity index is 1170. The van der Waals surface area contributed by atoms with Gasteiger partial charge in [0, 0.05) is 6.54 Å². The van der Waals surface area contributed by atoms with Crippen molar-refractivity contribution < 1.29 is 27.6 Å². The molecule has 166 valence electrons. The van der Waals surface area contributed by atoms with Gasteiger partial charge in [0.05, 0.1) is 12.9 Å². The van der Waals surface area contributed by atoms with Crippen LogP contribution in [0.4, 0.5) is 5.82 Å². The number of nitrogens with two attached hydrogens (primary N) is 1. The van der Waals surface area contributed by atoms with Gasteiger partial charge in [-0.05, 0) is 12.5 Å². The van der Waals surface area contributed by atoms with Gasteiger partial charge in [-0.15, -0.1) is 0 Å². The lowest BCUT2D eigenvalue weighted by molar-refractivity contribution is -0.0467. The summed E-state index contributed by atoms with van der Waals surface area (Å²) in [6, 6.07) is 8.04. The zero-order chi connectivity index (χ0) is 22.2. The number of aromatic nitrogens is 4. The van der Waals surface area contributed by atoms with E-state index in [0.717, 1.165) is 11.1 Å². The summed E-state index contributed by atoms with van der Waals surface area (Å²) in [7, 11) is -4.22. The van der Waals surface area contributed by atoms with Crippen molar-refractivity contribution >= 4 is 27.3 Å².